The first kappa shape index (κ1) is 15.1. The number of hydrogen-bond acceptors (Lipinski definition) is 6. The standard InChI is InChI=1S/C16H13NO6S/c1-24(20,21)23-17-15(18)12-4-2-3-9-7-11(22-10-5-6-10)8-13(14(9)12)16(17)19/h2-4,7-8,10H,5-6H2,1H3. The van der Waals surface area contributed by atoms with E-state index in [1.807, 2.05) is 0 Å². The maximum atomic E-state index is 12.6. The van der Waals surface area contributed by atoms with Crippen molar-refractivity contribution in [3.63, 3.8) is 0 Å². The predicted molar refractivity (Wildman–Crippen MR) is 84.0 cm³/mol. The third kappa shape index (κ3) is 2.53. The molecule has 0 N–H and O–H groups in total. The molecule has 1 heterocycles. The van der Waals surface area contributed by atoms with Gasteiger partial charge in [-0.3, -0.25) is 9.59 Å². The molecule has 2 aromatic carbocycles. The Labute approximate surface area is 137 Å². The van der Waals surface area contributed by atoms with Gasteiger partial charge < -0.3 is 4.74 Å². The van der Waals surface area contributed by atoms with E-state index < -0.39 is 21.9 Å². The van der Waals surface area contributed by atoms with Gasteiger partial charge in [0.1, 0.15) is 5.75 Å². The maximum absolute atomic E-state index is 12.6. The molecule has 0 spiro atoms. The molecular formula is C16H13NO6S. The van der Waals surface area contributed by atoms with E-state index in [9.17, 15) is 18.0 Å². The minimum Gasteiger partial charge on any atom is -0.490 e. The lowest BCUT2D eigenvalue weighted by Crippen LogP contribution is -2.41. The van der Waals surface area contributed by atoms with Crippen molar-refractivity contribution in [2.75, 3.05) is 6.26 Å². The summed E-state index contributed by atoms with van der Waals surface area (Å²) in [5, 5.41) is 1.44. The fourth-order valence-corrected chi connectivity index (χ4v) is 3.11. The topological polar surface area (TPSA) is 90.0 Å². The average Bonchev–Trinajstić information content (AvgIpc) is 3.31. The van der Waals surface area contributed by atoms with E-state index in [0.29, 0.717) is 16.5 Å². The highest BCUT2D eigenvalue weighted by Gasteiger charge is 2.37. The monoisotopic (exact) mass is 347 g/mol. The van der Waals surface area contributed by atoms with Crippen LogP contribution in [0.2, 0.25) is 0 Å². The highest BCUT2D eigenvalue weighted by atomic mass is 32.2. The van der Waals surface area contributed by atoms with Crippen LogP contribution in [0.5, 0.6) is 5.75 Å². The summed E-state index contributed by atoms with van der Waals surface area (Å²) < 4.78 is 33.1. The SMILES string of the molecule is CS(=O)(=O)ON1C(=O)c2cccc3cc(OC4CC4)cc(c23)C1=O. The molecule has 24 heavy (non-hydrogen) atoms. The van der Waals surface area contributed by atoms with E-state index in [1.54, 1.807) is 18.2 Å². The predicted octanol–water partition coefficient (Wildman–Crippen LogP) is 1.87. The summed E-state index contributed by atoms with van der Waals surface area (Å²) in [6.45, 7) is 0. The summed E-state index contributed by atoms with van der Waals surface area (Å²) in [4.78, 5) is 25.1. The van der Waals surface area contributed by atoms with Crippen molar-refractivity contribution < 1.29 is 27.0 Å². The number of hydrogen-bond donors (Lipinski definition) is 0. The number of carbonyl (C=O) groups is 2. The van der Waals surface area contributed by atoms with Crippen molar-refractivity contribution in [3.05, 3.63) is 41.5 Å². The second-order valence-corrected chi connectivity index (χ2v) is 7.43. The van der Waals surface area contributed by atoms with E-state index in [4.69, 9.17) is 4.74 Å². The molecule has 2 aromatic rings. The zero-order valence-electron chi connectivity index (χ0n) is 12.7. The van der Waals surface area contributed by atoms with Crippen LogP contribution in [0.25, 0.3) is 10.8 Å². The largest absolute Gasteiger partial charge is 0.490 e. The molecule has 0 aromatic heterocycles. The number of rotatable bonds is 4. The van der Waals surface area contributed by atoms with Crippen molar-refractivity contribution in [1.82, 2.24) is 5.06 Å². The zero-order valence-corrected chi connectivity index (χ0v) is 13.5. The first-order valence-corrected chi connectivity index (χ1v) is 9.17. The normalized spacial score (nSPS) is 17.5. The van der Waals surface area contributed by atoms with E-state index in [0.717, 1.165) is 19.1 Å². The lowest BCUT2D eigenvalue weighted by Gasteiger charge is -2.25. The number of carbonyl (C=O) groups excluding carboxylic acids is 2. The van der Waals surface area contributed by atoms with Crippen molar-refractivity contribution in [2.45, 2.75) is 18.9 Å². The van der Waals surface area contributed by atoms with Gasteiger partial charge in [-0.25, -0.2) is 0 Å². The third-order valence-electron chi connectivity index (χ3n) is 3.82. The number of benzene rings is 2. The lowest BCUT2D eigenvalue weighted by molar-refractivity contribution is -0.0150. The number of nitrogens with zero attached hydrogens (tertiary/aromatic N) is 1. The van der Waals surface area contributed by atoms with Gasteiger partial charge in [-0.05, 0) is 36.4 Å². The molecule has 0 unspecified atom stereocenters. The Morgan fingerprint density at radius 1 is 1.08 bits per heavy atom. The van der Waals surface area contributed by atoms with Gasteiger partial charge in [-0.2, -0.15) is 8.42 Å². The summed E-state index contributed by atoms with van der Waals surface area (Å²) in [5.74, 6) is -1.12. The molecule has 1 aliphatic heterocycles. The van der Waals surface area contributed by atoms with Gasteiger partial charge in [0.05, 0.1) is 23.5 Å². The zero-order chi connectivity index (χ0) is 17.1. The van der Waals surface area contributed by atoms with Crippen LogP contribution in [0.4, 0.5) is 0 Å². The fraction of sp³-hybridized carbons (Fsp3) is 0.250. The van der Waals surface area contributed by atoms with E-state index in [1.165, 1.54) is 12.1 Å². The van der Waals surface area contributed by atoms with Gasteiger partial charge in [0.15, 0.2) is 0 Å². The van der Waals surface area contributed by atoms with Crippen molar-refractivity contribution in [2.24, 2.45) is 0 Å². The molecule has 0 atom stereocenters. The summed E-state index contributed by atoms with van der Waals surface area (Å²) in [6, 6.07) is 8.26. The van der Waals surface area contributed by atoms with E-state index >= 15 is 0 Å². The number of amides is 2. The Morgan fingerprint density at radius 3 is 2.46 bits per heavy atom. The van der Waals surface area contributed by atoms with Crippen LogP contribution in [-0.4, -0.2) is 37.7 Å². The van der Waals surface area contributed by atoms with Gasteiger partial charge in [-0.1, -0.05) is 12.1 Å². The summed E-state index contributed by atoms with van der Waals surface area (Å²) in [7, 11) is -4.03. The van der Waals surface area contributed by atoms with Crippen LogP contribution in [0, 0.1) is 0 Å². The third-order valence-corrected chi connectivity index (χ3v) is 4.24. The van der Waals surface area contributed by atoms with Crippen LogP contribution >= 0.6 is 0 Å². The van der Waals surface area contributed by atoms with Gasteiger partial charge in [-0.15, -0.1) is 9.35 Å². The van der Waals surface area contributed by atoms with Crippen LogP contribution in [0.3, 0.4) is 0 Å². The first-order chi connectivity index (χ1) is 11.3. The molecule has 1 fully saturated rings. The minimum atomic E-state index is -4.03. The molecule has 2 aliphatic rings. The van der Waals surface area contributed by atoms with Gasteiger partial charge in [0, 0.05) is 5.39 Å². The quantitative estimate of drug-likeness (QED) is 0.784. The molecule has 0 radical (unpaired) electrons. The lowest BCUT2D eigenvalue weighted by atomic mass is 9.95. The van der Waals surface area contributed by atoms with E-state index in [2.05, 4.69) is 4.28 Å². The maximum Gasteiger partial charge on any atom is 0.287 e. The Hall–Kier alpha value is -2.45. The Balaban J connectivity index is 1.89. The van der Waals surface area contributed by atoms with Crippen LogP contribution < -0.4 is 4.74 Å². The number of ether oxygens (including phenoxy) is 1. The van der Waals surface area contributed by atoms with Crippen LogP contribution in [-0.2, 0) is 14.4 Å². The molecule has 1 saturated carbocycles. The summed E-state index contributed by atoms with van der Waals surface area (Å²) in [6.07, 6.45) is 2.84. The molecule has 1 aliphatic carbocycles. The van der Waals surface area contributed by atoms with Crippen molar-refractivity contribution >= 4 is 32.7 Å². The molecule has 2 amide bonds. The molecule has 8 heteroatoms. The van der Waals surface area contributed by atoms with Gasteiger partial charge >= 0.3 is 0 Å². The number of hydroxylamine groups is 2. The molecule has 124 valence electrons. The Bertz CT molecular complexity index is 993. The van der Waals surface area contributed by atoms with Crippen LogP contribution in [0.1, 0.15) is 33.6 Å². The molecule has 7 nitrogen and oxygen atoms in total. The molecular weight excluding hydrogens is 334 g/mol. The van der Waals surface area contributed by atoms with Crippen LogP contribution in [0.15, 0.2) is 30.3 Å². The highest BCUT2D eigenvalue weighted by molar-refractivity contribution is 7.85. The molecule has 4 rings (SSSR count). The van der Waals surface area contributed by atoms with E-state index in [-0.39, 0.29) is 22.3 Å². The first-order valence-electron chi connectivity index (χ1n) is 7.35. The average molecular weight is 347 g/mol. The number of imide groups is 1. The second-order valence-electron chi connectivity index (χ2n) is 5.88. The van der Waals surface area contributed by atoms with Crippen molar-refractivity contribution in [1.29, 1.82) is 0 Å². The molecule has 0 saturated heterocycles. The van der Waals surface area contributed by atoms with Gasteiger partial charge in [0.25, 0.3) is 21.9 Å². The molecule has 0 bridgehead atoms. The van der Waals surface area contributed by atoms with Gasteiger partial charge in [0.2, 0.25) is 0 Å². The minimum absolute atomic E-state index is 0.140. The summed E-state index contributed by atoms with van der Waals surface area (Å²) in [5.41, 5.74) is 0.394. The summed E-state index contributed by atoms with van der Waals surface area (Å²) >= 11 is 0. The smallest absolute Gasteiger partial charge is 0.287 e. The highest BCUT2D eigenvalue weighted by Crippen LogP contribution is 2.36. The Morgan fingerprint density at radius 2 is 1.79 bits per heavy atom. The second kappa shape index (κ2) is 5.02. The Kier molecular flexibility index (Phi) is 3.16. The van der Waals surface area contributed by atoms with Crippen molar-refractivity contribution in [3.8, 4) is 5.75 Å². The fourth-order valence-electron chi connectivity index (χ4n) is 2.71.